The van der Waals surface area contributed by atoms with E-state index in [0.717, 1.165) is 29.8 Å². The number of rotatable bonds is 5. The highest BCUT2D eigenvalue weighted by Gasteiger charge is 2.31. The van der Waals surface area contributed by atoms with Gasteiger partial charge in [-0.3, -0.25) is 4.98 Å². The second-order valence-electron chi connectivity index (χ2n) is 5.93. The van der Waals surface area contributed by atoms with E-state index < -0.39 is 0 Å². The first-order chi connectivity index (χ1) is 10.3. The highest BCUT2D eigenvalue weighted by atomic mass is 16.5. The minimum atomic E-state index is 0.585. The van der Waals surface area contributed by atoms with Crippen molar-refractivity contribution >= 4 is 0 Å². The van der Waals surface area contributed by atoms with Gasteiger partial charge >= 0.3 is 0 Å². The highest BCUT2D eigenvalue weighted by Crippen LogP contribution is 2.30. The number of piperidine rings is 1. The number of aromatic nitrogens is 1. The van der Waals surface area contributed by atoms with Crippen LogP contribution in [-0.4, -0.2) is 49.3 Å². The van der Waals surface area contributed by atoms with Crippen molar-refractivity contribution in [1.29, 1.82) is 0 Å². The van der Waals surface area contributed by atoms with Gasteiger partial charge in [-0.1, -0.05) is 0 Å². The molecular formula is C16H25N3O2. The Hall–Kier alpha value is -1.33. The van der Waals surface area contributed by atoms with Crippen LogP contribution in [0.4, 0.5) is 0 Å². The number of nitrogens with zero attached hydrogens (tertiary/aromatic N) is 2. The lowest BCUT2D eigenvalue weighted by molar-refractivity contribution is 0.166. The smallest absolute Gasteiger partial charge is 0.183 e. The summed E-state index contributed by atoms with van der Waals surface area (Å²) in [6.07, 6.45) is 6.98. The van der Waals surface area contributed by atoms with E-state index in [4.69, 9.17) is 9.47 Å². The maximum absolute atomic E-state index is 5.44. The molecular weight excluding hydrogens is 266 g/mol. The molecule has 3 heterocycles. The summed E-state index contributed by atoms with van der Waals surface area (Å²) >= 11 is 0. The molecule has 0 aliphatic carbocycles. The van der Waals surface area contributed by atoms with Crippen LogP contribution in [0.2, 0.25) is 0 Å². The van der Waals surface area contributed by atoms with Gasteiger partial charge in [-0.25, -0.2) is 0 Å². The fourth-order valence-corrected chi connectivity index (χ4v) is 3.63. The molecule has 0 bridgehead atoms. The minimum Gasteiger partial charge on any atom is -0.493 e. The van der Waals surface area contributed by atoms with Crippen molar-refractivity contribution in [2.75, 3.05) is 27.3 Å². The van der Waals surface area contributed by atoms with Crippen molar-refractivity contribution in [2.24, 2.45) is 0 Å². The van der Waals surface area contributed by atoms with Crippen molar-refractivity contribution in [2.45, 2.75) is 44.3 Å². The Morgan fingerprint density at radius 3 is 3.00 bits per heavy atom. The van der Waals surface area contributed by atoms with E-state index in [1.54, 1.807) is 20.4 Å². The minimum absolute atomic E-state index is 0.585. The van der Waals surface area contributed by atoms with Gasteiger partial charge in [0.15, 0.2) is 11.5 Å². The Morgan fingerprint density at radius 1 is 1.29 bits per heavy atom. The van der Waals surface area contributed by atoms with Crippen molar-refractivity contribution in [1.82, 2.24) is 15.2 Å². The second-order valence-corrected chi connectivity index (χ2v) is 5.93. The molecule has 116 valence electrons. The van der Waals surface area contributed by atoms with Crippen LogP contribution in [0.1, 0.15) is 31.4 Å². The molecule has 2 saturated heterocycles. The molecule has 1 N–H and O–H groups in total. The number of ether oxygens (including phenoxy) is 2. The summed E-state index contributed by atoms with van der Waals surface area (Å²) in [5.74, 6) is 1.49. The zero-order chi connectivity index (χ0) is 14.7. The van der Waals surface area contributed by atoms with Gasteiger partial charge in [-0.05, 0) is 38.8 Å². The van der Waals surface area contributed by atoms with Crippen molar-refractivity contribution in [3.05, 3.63) is 18.0 Å². The summed E-state index contributed by atoms with van der Waals surface area (Å²) in [4.78, 5) is 7.07. The predicted octanol–water partition coefficient (Wildman–Crippen LogP) is 1.82. The van der Waals surface area contributed by atoms with Gasteiger partial charge in [-0.2, -0.15) is 0 Å². The molecule has 5 heteroatoms. The number of fused-ring (bicyclic) bond motifs is 1. The quantitative estimate of drug-likeness (QED) is 0.896. The summed E-state index contributed by atoms with van der Waals surface area (Å²) in [7, 11) is 3.32. The van der Waals surface area contributed by atoms with Gasteiger partial charge in [0.25, 0.3) is 0 Å². The summed E-state index contributed by atoms with van der Waals surface area (Å²) in [6, 6.07) is 3.21. The van der Waals surface area contributed by atoms with Gasteiger partial charge < -0.3 is 19.7 Å². The lowest BCUT2D eigenvalue weighted by Crippen LogP contribution is -2.45. The van der Waals surface area contributed by atoms with Gasteiger partial charge in [0.2, 0.25) is 0 Å². The third kappa shape index (κ3) is 3.14. The lowest BCUT2D eigenvalue weighted by atomic mass is 9.97. The first kappa shape index (κ1) is 14.6. The molecule has 3 rings (SSSR count). The Morgan fingerprint density at radius 2 is 2.19 bits per heavy atom. The normalized spacial score (nSPS) is 25.6. The molecule has 0 saturated carbocycles. The third-order valence-electron chi connectivity index (χ3n) is 4.74. The van der Waals surface area contributed by atoms with Crippen LogP contribution in [0.3, 0.4) is 0 Å². The number of pyridine rings is 1. The molecule has 2 aliphatic rings. The van der Waals surface area contributed by atoms with Crippen LogP contribution in [0.25, 0.3) is 0 Å². The van der Waals surface area contributed by atoms with Crippen LogP contribution in [0, 0.1) is 0 Å². The van der Waals surface area contributed by atoms with E-state index in [1.165, 1.54) is 38.8 Å². The summed E-state index contributed by atoms with van der Waals surface area (Å²) in [5, 5.41) is 3.65. The van der Waals surface area contributed by atoms with Crippen molar-refractivity contribution < 1.29 is 9.47 Å². The monoisotopic (exact) mass is 291 g/mol. The van der Waals surface area contributed by atoms with E-state index in [9.17, 15) is 0 Å². The molecule has 2 fully saturated rings. The Balaban J connectivity index is 1.60. The van der Waals surface area contributed by atoms with Gasteiger partial charge in [0.1, 0.15) is 0 Å². The topological polar surface area (TPSA) is 46.6 Å². The molecule has 0 amide bonds. The molecule has 21 heavy (non-hydrogen) atoms. The predicted molar refractivity (Wildman–Crippen MR) is 81.8 cm³/mol. The van der Waals surface area contributed by atoms with E-state index in [-0.39, 0.29) is 0 Å². The molecule has 5 nitrogen and oxygen atoms in total. The zero-order valence-corrected chi connectivity index (χ0v) is 13.0. The molecule has 0 radical (unpaired) electrons. The Bertz CT molecular complexity index is 481. The summed E-state index contributed by atoms with van der Waals surface area (Å²) in [6.45, 7) is 3.26. The molecule has 2 aliphatic heterocycles. The second kappa shape index (κ2) is 6.62. The fourth-order valence-electron chi connectivity index (χ4n) is 3.63. The van der Waals surface area contributed by atoms with Crippen molar-refractivity contribution in [3.63, 3.8) is 0 Å². The average molecular weight is 291 g/mol. The van der Waals surface area contributed by atoms with Crippen LogP contribution >= 0.6 is 0 Å². The molecule has 0 aromatic carbocycles. The zero-order valence-electron chi connectivity index (χ0n) is 13.0. The first-order valence-corrected chi connectivity index (χ1v) is 7.85. The lowest BCUT2D eigenvalue weighted by Gasteiger charge is -2.35. The van der Waals surface area contributed by atoms with E-state index in [1.807, 2.05) is 6.07 Å². The van der Waals surface area contributed by atoms with Crippen molar-refractivity contribution in [3.8, 4) is 11.5 Å². The van der Waals surface area contributed by atoms with Crippen LogP contribution in [0.5, 0.6) is 11.5 Å². The third-order valence-corrected chi connectivity index (χ3v) is 4.74. The van der Waals surface area contributed by atoms with Crippen LogP contribution in [0.15, 0.2) is 12.3 Å². The van der Waals surface area contributed by atoms with Gasteiger partial charge in [0, 0.05) is 30.9 Å². The van der Waals surface area contributed by atoms with Gasteiger partial charge in [0.05, 0.1) is 19.9 Å². The Kier molecular flexibility index (Phi) is 4.60. The number of methoxy groups -OCH3 is 2. The number of hydrogen-bond donors (Lipinski definition) is 1. The molecule has 1 aromatic heterocycles. The maximum Gasteiger partial charge on any atom is 0.183 e. The fraction of sp³-hybridized carbons (Fsp3) is 0.688. The summed E-state index contributed by atoms with van der Waals surface area (Å²) < 4.78 is 10.8. The number of nitrogens with one attached hydrogen (secondary N) is 1. The number of hydrogen-bond acceptors (Lipinski definition) is 5. The van der Waals surface area contributed by atoms with Crippen LogP contribution in [-0.2, 0) is 6.54 Å². The Labute approximate surface area is 126 Å². The van der Waals surface area contributed by atoms with E-state index in [0.29, 0.717) is 6.04 Å². The average Bonchev–Trinajstić information content (AvgIpc) is 2.99. The van der Waals surface area contributed by atoms with E-state index in [2.05, 4.69) is 15.2 Å². The van der Waals surface area contributed by atoms with Crippen LogP contribution < -0.4 is 14.8 Å². The van der Waals surface area contributed by atoms with Gasteiger partial charge in [-0.15, -0.1) is 0 Å². The largest absolute Gasteiger partial charge is 0.493 e. The standard InChI is InChI=1S/C16H25N3O2/c1-20-15-5-7-17-14(16(15)21-2)11-18-12-6-9-19-8-3-4-13(19)10-12/h5,7,12-13,18H,3-4,6,8-11H2,1-2H3. The van der Waals surface area contributed by atoms with E-state index >= 15 is 0 Å². The molecule has 2 atom stereocenters. The first-order valence-electron chi connectivity index (χ1n) is 7.85. The summed E-state index contributed by atoms with van der Waals surface area (Å²) in [5.41, 5.74) is 0.922. The molecule has 1 aromatic rings. The highest BCUT2D eigenvalue weighted by molar-refractivity contribution is 5.42. The molecule has 2 unspecified atom stereocenters. The SMILES string of the molecule is COc1ccnc(CNC2CCN3CCCC3C2)c1OC. The molecule has 0 spiro atoms. The maximum atomic E-state index is 5.44.